The van der Waals surface area contributed by atoms with Crippen molar-refractivity contribution in [3.8, 4) is 5.75 Å². The molecule has 3 heteroatoms. The minimum Gasteiger partial charge on any atom is -0.508 e. The van der Waals surface area contributed by atoms with Crippen molar-refractivity contribution in [2.45, 2.75) is 32.7 Å². The molecule has 1 atom stereocenters. The first-order chi connectivity index (χ1) is 7.52. The number of fused-ring (bicyclic) bond motifs is 1. The van der Waals surface area contributed by atoms with Gasteiger partial charge in [-0.2, -0.15) is 0 Å². The van der Waals surface area contributed by atoms with Crippen molar-refractivity contribution in [1.82, 2.24) is 0 Å². The largest absolute Gasteiger partial charge is 0.508 e. The Labute approximate surface area is 95.7 Å². The molecular formula is C13H17NO2. The maximum absolute atomic E-state index is 11.6. The van der Waals surface area contributed by atoms with Gasteiger partial charge in [-0.05, 0) is 32.9 Å². The number of Topliss-reactive ketones (excluding diaryl/α,β-unsaturated/α-hetero) is 1. The average molecular weight is 219 g/mol. The zero-order chi connectivity index (χ0) is 11.9. The van der Waals surface area contributed by atoms with Crippen LogP contribution in [-0.2, 0) is 4.79 Å². The lowest BCUT2D eigenvalue weighted by molar-refractivity contribution is -0.118. The van der Waals surface area contributed by atoms with Crippen molar-refractivity contribution in [3.05, 3.63) is 23.8 Å². The molecule has 1 aliphatic heterocycles. The molecule has 0 aliphatic carbocycles. The maximum Gasteiger partial charge on any atom is 0.139 e. The Morgan fingerprint density at radius 2 is 2.19 bits per heavy atom. The third-order valence-corrected chi connectivity index (χ3v) is 3.21. The average Bonchev–Trinajstić information content (AvgIpc) is 2.58. The van der Waals surface area contributed by atoms with Crippen molar-refractivity contribution < 1.29 is 9.90 Å². The van der Waals surface area contributed by atoms with E-state index in [2.05, 4.69) is 18.7 Å². The van der Waals surface area contributed by atoms with Crippen LogP contribution in [0, 0.1) is 0 Å². The van der Waals surface area contributed by atoms with E-state index in [1.54, 1.807) is 13.0 Å². The van der Waals surface area contributed by atoms with Gasteiger partial charge in [0.1, 0.15) is 11.5 Å². The molecule has 0 amide bonds. The molecule has 2 rings (SSSR count). The molecule has 1 aromatic carbocycles. The highest BCUT2D eigenvalue weighted by molar-refractivity contribution is 5.89. The van der Waals surface area contributed by atoms with Crippen molar-refractivity contribution in [1.29, 1.82) is 0 Å². The van der Waals surface area contributed by atoms with E-state index < -0.39 is 0 Å². The fourth-order valence-corrected chi connectivity index (χ4v) is 2.36. The van der Waals surface area contributed by atoms with Crippen LogP contribution >= 0.6 is 0 Å². The van der Waals surface area contributed by atoms with Crippen LogP contribution in [0.4, 0.5) is 5.69 Å². The normalized spacial score (nSPS) is 19.0. The van der Waals surface area contributed by atoms with Gasteiger partial charge in [0.15, 0.2) is 0 Å². The van der Waals surface area contributed by atoms with E-state index >= 15 is 0 Å². The number of phenols is 1. The molecule has 0 aromatic heterocycles. The molecule has 0 fully saturated rings. The molecule has 0 radical (unpaired) electrons. The van der Waals surface area contributed by atoms with E-state index in [0.29, 0.717) is 12.6 Å². The first-order valence-electron chi connectivity index (χ1n) is 5.61. The van der Waals surface area contributed by atoms with Crippen LogP contribution in [-0.4, -0.2) is 23.5 Å². The number of carbonyl (C=O) groups is 1. The van der Waals surface area contributed by atoms with Crippen LogP contribution in [0.25, 0.3) is 0 Å². The van der Waals surface area contributed by atoms with E-state index in [1.165, 1.54) is 0 Å². The molecule has 0 saturated carbocycles. The molecule has 1 unspecified atom stereocenters. The van der Waals surface area contributed by atoms with E-state index in [-0.39, 0.29) is 17.5 Å². The topological polar surface area (TPSA) is 40.5 Å². The molecule has 1 aromatic rings. The molecule has 0 bridgehead atoms. The quantitative estimate of drug-likeness (QED) is 0.829. The van der Waals surface area contributed by atoms with Gasteiger partial charge in [0.05, 0.1) is 5.92 Å². The Morgan fingerprint density at radius 3 is 2.75 bits per heavy atom. The van der Waals surface area contributed by atoms with E-state index in [4.69, 9.17) is 0 Å². The number of phenolic OH excluding ortho intramolecular Hbond substituents is 1. The van der Waals surface area contributed by atoms with Crippen molar-refractivity contribution in [3.63, 3.8) is 0 Å². The number of rotatable bonds is 2. The van der Waals surface area contributed by atoms with Gasteiger partial charge in [-0.1, -0.05) is 6.07 Å². The van der Waals surface area contributed by atoms with Crippen LogP contribution in [0.1, 0.15) is 32.3 Å². The number of carbonyl (C=O) groups excluding carboxylic acids is 1. The number of nitrogens with zero attached hydrogens (tertiary/aromatic N) is 1. The van der Waals surface area contributed by atoms with Gasteiger partial charge in [0.2, 0.25) is 0 Å². The molecule has 1 heterocycles. The minimum absolute atomic E-state index is 0.117. The van der Waals surface area contributed by atoms with E-state index in [1.807, 2.05) is 12.1 Å². The number of hydrogen-bond acceptors (Lipinski definition) is 3. The van der Waals surface area contributed by atoms with Gasteiger partial charge >= 0.3 is 0 Å². The van der Waals surface area contributed by atoms with Crippen LogP contribution in [0.3, 0.4) is 0 Å². The Hall–Kier alpha value is -1.51. The predicted molar refractivity (Wildman–Crippen MR) is 64.0 cm³/mol. The lowest BCUT2D eigenvalue weighted by Gasteiger charge is -2.24. The fraction of sp³-hybridized carbons (Fsp3) is 0.462. The van der Waals surface area contributed by atoms with Gasteiger partial charge in [-0.25, -0.2) is 0 Å². The number of anilines is 1. The summed E-state index contributed by atoms with van der Waals surface area (Å²) in [7, 11) is 0. The Morgan fingerprint density at radius 1 is 1.50 bits per heavy atom. The molecule has 0 saturated heterocycles. The van der Waals surface area contributed by atoms with Crippen LogP contribution in [0.2, 0.25) is 0 Å². The molecule has 0 spiro atoms. The summed E-state index contributed by atoms with van der Waals surface area (Å²) in [6, 6.07) is 5.78. The van der Waals surface area contributed by atoms with Crippen LogP contribution in [0.15, 0.2) is 18.2 Å². The maximum atomic E-state index is 11.6. The molecule has 1 aliphatic rings. The second-order valence-electron chi connectivity index (χ2n) is 4.62. The second-order valence-corrected chi connectivity index (χ2v) is 4.62. The zero-order valence-electron chi connectivity index (χ0n) is 9.90. The van der Waals surface area contributed by atoms with Crippen LogP contribution in [0.5, 0.6) is 5.75 Å². The van der Waals surface area contributed by atoms with Crippen LogP contribution < -0.4 is 4.90 Å². The van der Waals surface area contributed by atoms with E-state index in [0.717, 1.165) is 11.3 Å². The second kappa shape index (κ2) is 3.81. The van der Waals surface area contributed by atoms with Gasteiger partial charge in [-0.15, -0.1) is 0 Å². The van der Waals surface area contributed by atoms with Gasteiger partial charge in [-0.3, -0.25) is 4.79 Å². The summed E-state index contributed by atoms with van der Waals surface area (Å²) in [5.74, 6) is 0.172. The first kappa shape index (κ1) is 11.0. The van der Waals surface area contributed by atoms with Crippen molar-refractivity contribution >= 4 is 11.5 Å². The Bertz CT molecular complexity index is 426. The highest BCUT2D eigenvalue weighted by Crippen LogP contribution is 2.42. The van der Waals surface area contributed by atoms with E-state index in [9.17, 15) is 9.90 Å². The number of benzene rings is 1. The monoisotopic (exact) mass is 219 g/mol. The molecular weight excluding hydrogens is 202 g/mol. The lowest BCUT2D eigenvalue weighted by atomic mass is 9.97. The van der Waals surface area contributed by atoms with Crippen molar-refractivity contribution in [2.24, 2.45) is 0 Å². The molecule has 1 N–H and O–H groups in total. The number of hydrogen-bond donors (Lipinski definition) is 1. The summed E-state index contributed by atoms with van der Waals surface area (Å²) < 4.78 is 0. The summed E-state index contributed by atoms with van der Waals surface area (Å²) in [5, 5.41) is 9.87. The summed E-state index contributed by atoms with van der Waals surface area (Å²) >= 11 is 0. The fourth-order valence-electron chi connectivity index (χ4n) is 2.36. The standard InChI is InChI=1S/C13H17NO2/c1-8(2)14-7-10(9(3)15)13-11(14)5-4-6-12(13)16/h4-6,8,10,16H,7H2,1-3H3. The third kappa shape index (κ3) is 1.56. The zero-order valence-corrected chi connectivity index (χ0v) is 9.90. The summed E-state index contributed by atoms with van der Waals surface area (Å²) in [4.78, 5) is 13.8. The third-order valence-electron chi connectivity index (χ3n) is 3.21. The van der Waals surface area contributed by atoms with Gasteiger partial charge in [0.25, 0.3) is 0 Å². The highest BCUT2D eigenvalue weighted by Gasteiger charge is 2.34. The lowest BCUT2D eigenvalue weighted by Crippen LogP contribution is -2.30. The smallest absolute Gasteiger partial charge is 0.139 e. The Kier molecular flexibility index (Phi) is 2.62. The summed E-state index contributed by atoms with van der Waals surface area (Å²) in [6.07, 6.45) is 0. The van der Waals surface area contributed by atoms with Gasteiger partial charge < -0.3 is 10.0 Å². The summed E-state index contributed by atoms with van der Waals surface area (Å²) in [5.41, 5.74) is 1.79. The number of ketones is 1. The molecule has 16 heavy (non-hydrogen) atoms. The highest BCUT2D eigenvalue weighted by atomic mass is 16.3. The molecule has 86 valence electrons. The van der Waals surface area contributed by atoms with Crippen molar-refractivity contribution in [2.75, 3.05) is 11.4 Å². The number of aromatic hydroxyl groups is 1. The first-order valence-corrected chi connectivity index (χ1v) is 5.61. The summed E-state index contributed by atoms with van der Waals surface area (Å²) in [6.45, 7) is 6.46. The molecule has 3 nitrogen and oxygen atoms in total. The minimum atomic E-state index is -0.182. The Balaban J connectivity index is 2.53. The predicted octanol–water partition coefficient (Wildman–Crippen LogP) is 2.29. The van der Waals surface area contributed by atoms with Gasteiger partial charge in [0, 0.05) is 23.8 Å². The SMILES string of the molecule is CC(=O)C1CN(C(C)C)c2cccc(O)c21.